The molecule has 9 nitrogen and oxygen atoms in total. The zero-order valence-corrected chi connectivity index (χ0v) is 17.6. The Hall–Kier alpha value is -3.85. The molecule has 0 saturated carbocycles. The van der Waals surface area contributed by atoms with E-state index in [-0.39, 0.29) is 23.2 Å². The number of nitrogens with one attached hydrogen (secondary N) is 3. The maximum atomic E-state index is 12.1. The minimum atomic E-state index is -0.517. The molecule has 0 saturated heterocycles. The van der Waals surface area contributed by atoms with E-state index in [9.17, 15) is 9.59 Å². The molecule has 2 aromatic carbocycles. The number of nitrogens with zero attached hydrogens (tertiary/aromatic N) is 2. The Morgan fingerprint density at radius 3 is 2.87 bits per heavy atom. The number of amides is 1. The van der Waals surface area contributed by atoms with Crippen LogP contribution in [0.1, 0.15) is 11.1 Å². The molecule has 0 aliphatic heterocycles. The summed E-state index contributed by atoms with van der Waals surface area (Å²) in [6.45, 7) is 1.77. The van der Waals surface area contributed by atoms with Gasteiger partial charge in [-0.3, -0.25) is 15.0 Å². The van der Waals surface area contributed by atoms with Crippen molar-refractivity contribution in [2.24, 2.45) is 5.10 Å². The van der Waals surface area contributed by atoms with Gasteiger partial charge in [0.2, 0.25) is 0 Å². The number of carbonyl (C=O) groups excluding carboxylic acids is 1. The Labute approximate surface area is 183 Å². The quantitative estimate of drug-likeness (QED) is 0.365. The minimum Gasteiger partial charge on any atom is -0.493 e. The van der Waals surface area contributed by atoms with Gasteiger partial charge in [0.15, 0.2) is 18.1 Å². The van der Waals surface area contributed by atoms with Crippen LogP contribution in [0.25, 0.3) is 0 Å². The van der Waals surface area contributed by atoms with Crippen LogP contribution in [-0.4, -0.2) is 36.0 Å². The summed E-state index contributed by atoms with van der Waals surface area (Å²) in [5.74, 6) is 0.558. The fraction of sp³-hybridized carbons (Fsp3) is 0.143. The summed E-state index contributed by atoms with van der Waals surface area (Å²) in [6, 6.07) is 12.6. The molecule has 1 heterocycles. The van der Waals surface area contributed by atoms with Crippen molar-refractivity contribution in [2.45, 2.75) is 6.92 Å². The van der Waals surface area contributed by atoms with Crippen molar-refractivity contribution in [3.63, 3.8) is 0 Å². The Bertz CT molecular complexity index is 1160. The average molecular weight is 442 g/mol. The molecule has 0 fully saturated rings. The maximum absolute atomic E-state index is 12.1. The van der Waals surface area contributed by atoms with E-state index in [0.29, 0.717) is 22.7 Å². The molecular formula is C21H20ClN5O4. The van der Waals surface area contributed by atoms with Gasteiger partial charge in [0.25, 0.3) is 11.5 Å². The highest BCUT2D eigenvalue weighted by atomic mass is 35.5. The fourth-order valence-electron chi connectivity index (χ4n) is 2.58. The van der Waals surface area contributed by atoms with E-state index < -0.39 is 5.56 Å². The topological polar surface area (TPSA) is 118 Å². The summed E-state index contributed by atoms with van der Waals surface area (Å²) >= 11 is 5.87. The van der Waals surface area contributed by atoms with Gasteiger partial charge < -0.3 is 14.8 Å². The first-order valence-electron chi connectivity index (χ1n) is 9.16. The molecule has 0 aliphatic carbocycles. The SMILES string of the molecule is COc1cc(/C=N/Nc2cn[nH]c(=O)c2Cl)ccc1OCC(=O)Nc1cccc(C)c1. The highest BCUT2D eigenvalue weighted by molar-refractivity contribution is 6.32. The van der Waals surface area contributed by atoms with Gasteiger partial charge in [0.05, 0.1) is 19.5 Å². The highest BCUT2D eigenvalue weighted by Crippen LogP contribution is 2.27. The molecule has 0 radical (unpaired) electrons. The molecule has 0 bridgehead atoms. The maximum Gasteiger partial charge on any atom is 0.285 e. The summed E-state index contributed by atoms with van der Waals surface area (Å²) < 4.78 is 10.9. The van der Waals surface area contributed by atoms with E-state index in [2.05, 4.69) is 26.0 Å². The molecule has 0 spiro atoms. The lowest BCUT2D eigenvalue weighted by molar-refractivity contribution is -0.118. The molecule has 0 unspecified atom stereocenters. The Morgan fingerprint density at radius 1 is 1.26 bits per heavy atom. The van der Waals surface area contributed by atoms with Crippen molar-refractivity contribution in [1.29, 1.82) is 0 Å². The second kappa shape index (κ2) is 10.3. The average Bonchev–Trinajstić information content (AvgIpc) is 2.75. The lowest BCUT2D eigenvalue weighted by atomic mass is 10.2. The predicted molar refractivity (Wildman–Crippen MR) is 119 cm³/mol. The zero-order chi connectivity index (χ0) is 22.2. The van der Waals surface area contributed by atoms with E-state index in [1.165, 1.54) is 19.5 Å². The number of halogens is 1. The van der Waals surface area contributed by atoms with Gasteiger partial charge in [-0.1, -0.05) is 23.7 Å². The zero-order valence-electron chi connectivity index (χ0n) is 16.8. The van der Waals surface area contributed by atoms with Crippen molar-refractivity contribution in [2.75, 3.05) is 24.5 Å². The van der Waals surface area contributed by atoms with Gasteiger partial charge in [-0.25, -0.2) is 5.10 Å². The fourth-order valence-corrected chi connectivity index (χ4v) is 2.72. The Kier molecular flexibility index (Phi) is 7.23. The molecule has 1 amide bonds. The van der Waals surface area contributed by atoms with Crippen molar-refractivity contribution in [3.8, 4) is 11.5 Å². The highest BCUT2D eigenvalue weighted by Gasteiger charge is 2.09. The van der Waals surface area contributed by atoms with Crippen LogP contribution in [0.2, 0.25) is 5.02 Å². The molecule has 31 heavy (non-hydrogen) atoms. The first-order valence-corrected chi connectivity index (χ1v) is 9.53. The number of aromatic nitrogens is 2. The second-order valence-corrected chi connectivity index (χ2v) is 6.79. The number of H-pyrrole nitrogens is 1. The summed E-state index contributed by atoms with van der Waals surface area (Å²) in [7, 11) is 1.50. The van der Waals surface area contributed by atoms with Gasteiger partial charge in [0, 0.05) is 5.69 Å². The summed E-state index contributed by atoms with van der Waals surface area (Å²) in [5.41, 5.74) is 4.85. The third-order valence-electron chi connectivity index (χ3n) is 4.04. The second-order valence-electron chi connectivity index (χ2n) is 6.41. The van der Waals surface area contributed by atoms with Gasteiger partial charge in [0.1, 0.15) is 10.7 Å². The molecule has 3 N–H and O–H groups in total. The van der Waals surface area contributed by atoms with Crippen LogP contribution < -0.4 is 25.8 Å². The molecule has 10 heteroatoms. The number of aromatic amines is 1. The van der Waals surface area contributed by atoms with Crippen molar-refractivity contribution >= 4 is 35.1 Å². The summed E-state index contributed by atoms with van der Waals surface area (Å²) in [6.07, 6.45) is 2.86. The number of methoxy groups -OCH3 is 1. The molecule has 160 valence electrons. The first-order chi connectivity index (χ1) is 15.0. The van der Waals surface area contributed by atoms with Gasteiger partial charge in [-0.05, 0) is 48.4 Å². The predicted octanol–water partition coefficient (Wildman–Crippen LogP) is 3.20. The lowest BCUT2D eigenvalue weighted by Crippen LogP contribution is -2.20. The van der Waals surface area contributed by atoms with Gasteiger partial charge >= 0.3 is 0 Å². The van der Waals surface area contributed by atoms with E-state index in [1.807, 2.05) is 31.2 Å². The number of rotatable bonds is 8. The smallest absolute Gasteiger partial charge is 0.285 e. The summed E-state index contributed by atoms with van der Waals surface area (Å²) in [5, 5.41) is 12.6. The molecular weight excluding hydrogens is 422 g/mol. The van der Waals surface area contributed by atoms with Crippen LogP contribution in [-0.2, 0) is 4.79 Å². The standard InChI is InChI=1S/C21H20ClN5O4/c1-13-4-3-5-15(8-13)25-19(28)12-31-17-7-6-14(9-18(17)30-2)10-23-26-16-11-24-27-21(29)20(16)22/h3-11H,12H2,1-2H3,(H,25,28)(H2,26,27,29)/b23-10+. The van der Waals surface area contributed by atoms with E-state index in [0.717, 1.165) is 5.56 Å². The number of ether oxygens (including phenoxy) is 2. The number of hydrazone groups is 1. The van der Waals surface area contributed by atoms with E-state index in [4.69, 9.17) is 21.1 Å². The van der Waals surface area contributed by atoms with Gasteiger partial charge in [-0.2, -0.15) is 10.2 Å². The lowest BCUT2D eigenvalue weighted by Gasteiger charge is -2.11. The number of anilines is 2. The molecule has 3 rings (SSSR count). The molecule has 0 aliphatic rings. The minimum absolute atomic E-state index is 0.0441. The van der Waals surface area contributed by atoms with Crippen LogP contribution in [0.3, 0.4) is 0 Å². The monoisotopic (exact) mass is 441 g/mol. The molecule has 1 aromatic heterocycles. The van der Waals surface area contributed by atoms with Crippen LogP contribution in [0.5, 0.6) is 11.5 Å². The van der Waals surface area contributed by atoms with Crippen molar-refractivity contribution in [1.82, 2.24) is 10.2 Å². The third kappa shape index (κ3) is 6.06. The Morgan fingerprint density at radius 2 is 2.10 bits per heavy atom. The first kappa shape index (κ1) is 21.8. The van der Waals surface area contributed by atoms with Gasteiger partial charge in [-0.15, -0.1) is 0 Å². The number of hydrogen-bond donors (Lipinski definition) is 3. The normalized spacial score (nSPS) is 10.7. The Balaban J connectivity index is 1.60. The third-order valence-corrected chi connectivity index (χ3v) is 4.42. The van der Waals surface area contributed by atoms with E-state index >= 15 is 0 Å². The van der Waals surface area contributed by atoms with Crippen molar-refractivity contribution in [3.05, 3.63) is 75.2 Å². The van der Waals surface area contributed by atoms with Crippen LogP contribution in [0.4, 0.5) is 11.4 Å². The van der Waals surface area contributed by atoms with Crippen LogP contribution >= 0.6 is 11.6 Å². The summed E-state index contributed by atoms with van der Waals surface area (Å²) in [4.78, 5) is 23.6. The van der Waals surface area contributed by atoms with Crippen LogP contribution in [0.15, 0.2) is 58.6 Å². The molecule has 3 aromatic rings. The van der Waals surface area contributed by atoms with Crippen molar-refractivity contribution < 1.29 is 14.3 Å². The number of benzene rings is 2. The molecule has 0 atom stereocenters. The van der Waals surface area contributed by atoms with E-state index in [1.54, 1.807) is 18.2 Å². The van der Waals surface area contributed by atoms with Crippen LogP contribution in [0, 0.1) is 6.92 Å². The number of aryl methyl sites for hydroxylation is 1. The number of hydrogen-bond acceptors (Lipinski definition) is 7. The number of carbonyl (C=O) groups is 1. The largest absolute Gasteiger partial charge is 0.493 e.